The lowest BCUT2D eigenvalue weighted by molar-refractivity contribution is 0.478. The van der Waals surface area contributed by atoms with Crippen molar-refractivity contribution in [2.75, 3.05) is 0 Å². The molecule has 1 heterocycles. The summed E-state index contributed by atoms with van der Waals surface area (Å²) in [5.41, 5.74) is 0.184. The monoisotopic (exact) mass is 342 g/mol. The highest BCUT2D eigenvalue weighted by atomic mass is 79.9. The van der Waals surface area contributed by atoms with Crippen LogP contribution in [0.1, 0.15) is 5.69 Å². The van der Waals surface area contributed by atoms with E-state index in [0.29, 0.717) is 26.0 Å². The zero-order valence-electron chi connectivity index (χ0n) is 8.82. The first-order valence-corrected chi connectivity index (χ1v) is 6.33. The summed E-state index contributed by atoms with van der Waals surface area (Å²) in [5.74, 6) is 0.744. The number of nitrogens with zero attached hydrogens (tertiary/aromatic N) is 2. The lowest BCUT2D eigenvalue weighted by atomic mass is 10.3. The van der Waals surface area contributed by atoms with Gasteiger partial charge < -0.3 is 4.74 Å². The molecule has 0 bridgehead atoms. The normalized spacial score (nSPS) is 9.89. The van der Waals surface area contributed by atoms with Crippen LogP contribution in [0.5, 0.6) is 11.5 Å². The average Bonchev–Trinajstić information content (AvgIpc) is 2.33. The van der Waals surface area contributed by atoms with Crippen LogP contribution < -0.4 is 4.74 Å². The SMILES string of the molecule is N#Cc1ncc(Br)cc1Oc1ccc(Cl)cc1Cl. The van der Waals surface area contributed by atoms with Crippen LogP contribution in [0.2, 0.25) is 10.0 Å². The Morgan fingerprint density at radius 2 is 2.00 bits per heavy atom. The molecule has 0 atom stereocenters. The molecular weight excluding hydrogens is 339 g/mol. The summed E-state index contributed by atoms with van der Waals surface area (Å²) in [6.45, 7) is 0. The average molecular weight is 344 g/mol. The molecule has 0 spiro atoms. The third-order valence-corrected chi connectivity index (χ3v) is 3.00. The van der Waals surface area contributed by atoms with Gasteiger partial charge in [-0.1, -0.05) is 23.2 Å². The van der Waals surface area contributed by atoms with Gasteiger partial charge in [0.05, 0.1) is 5.02 Å². The van der Waals surface area contributed by atoms with E-state index in [4.69, 9.17) is 33.2 Å². The molecule has 0 N–H and O–H groups in total. The molecule has 0 aliphatic rings. The Balaban J connectivity index is 2.40. The third-order valence-electron chi connectivity index (χ3n) is 2.04. The minimum Gasteiger partial charge on any atom is -0.453 e. The smallest absolute Gasteiger partial charge is 0.183 e. The lowest BCUT2D eigenvalue weighted by Gasteiger charge is -2.08. The van der Waals surface area contributed by atoms with Gasteiger partial charge in [0.2, 0.25) is 0 Å². The molecule has 18 heavy (non-hydrogen) atoms. The topological polar surface area (TPSA) is 45.9 Å². The van der Waals surface area contributed by atoms with Crippen molar-refractivity contribution in [1.82, 2.24) is 4.98 Å². The van der Waals surface area contributed by atoms with Crippen LogP contribution in [-0.2, 0) is 0 Å². The molecular formula is C12H5BrCl2N2O. The molecule has 2 aromatic rings. The van der Waals surface area contributed by atoms with Gasteiger partial charge in [-0.25, -0.2) is 4.98 Å². The van der Waals surface area contributed by atoms with Crippen LogP contribution in [0.3, 0.4) is 0 Å². The van der Waals surface area contributed by atoms with E-state index in [1.807, 2.05) is 6.07 Å². The molecule has 90 valence electrons. The number of aromatic nitrogens is 1. The number of hydrogen-bond donors (Lipinski definition) is 0. The number of nitriles is 1. The van der Waals surface area contributed by atoms with Gasteiger partial charge >= 0.3 is 0 Å². The minimum absolute atomic E-state index is 0.184. The fourth-order valence-electron chi connectivity index (χ4n) is 1.26. The molecule has 0 aliphatic carbocycles. The first kappa shape index (κ1) is 13.2. The molecule has 2 rings (SSSR count). The van der Waals surface area contributed by atoms with Gasteiger partial charge in [0.1, 0.15) is 11.8 Å². The highest BCUT2D eigenvalue weighted by molar-refractivity contribution is 9.10. The van der Waals surface area contributed by atoms with Crippen molar-refractivity contribution in [3.05, 3.63) is 50.7 Å². The van der Waals surface area contributed by atoms with Crippen LogP contribution in [-0.4, -0.2) is 4.98 Å². The van der Waals surface area contributed by atoms with Gasteiger partial charge in [0.25, 0.3) is 0 Å². The van der Waals surface area contributed by atoms with Gasteiger partial charge in [0.15, 0.2) is 11.4 Å². The maximum absolute atomic E-state index is 8.94. The summed E-state index contributed by atoms with van der Waals surface area (Å²) in [5, 5.41) is 9.82. The highest BCUT2D eigenvalue weighted by Gasteiger charge is 2.09. The van der Waals surface area contributed by atoms with Crippen molar-refractivity contribution in [1.29, 1.82) is 5.26 Å². The van der Waals surface area contributed by atoms with E-state index in [0.717, 1.165) is 0 Å². The van der Waals surface area contributed by atoms with Crippen LogP contribution in [0.25, 0.3) is 0 Å². The van der Waals surface area contributed by atoms with E-state index in [-0.39, 0.29) is 5.69 Å². The minimum atomic E-state index is 0.184. The molecule has 1 aromatic carbocycles. The highest BCUT2D eigenvalue weighted by Crippen LogP contribution is 2.33. The summed E-state index contributed by atoms with van der Waals surface area (Å²) in [6.07, 6.45) is 1.52. The summed E-state index contributed by atoms with van der Waals surface area (Å²) in [7, 11) is 0. The Labute approximate surface area is 122 Å². The molecule has 0 fully saturated rings. The van der Waals surface area contributed by atoms with E-state index in [2.05, 4.69) is 20.9 Å². The van der Waals surface area contributed by atoms with Gasteiger partial charge in [-0.15, -0.1) is 0 Å². The van der Waals surface area contributed by atoms with Crippen LogP contribution in [0.15, 0.2) is 34.9 Å². The van der Waals surface area contributed by atoms with Crippen LogP contribution >= 0.6 is 39.1 Å². The molecule has 1 aromatic heterocycles. The molecule has 0 saturated carbocycles. The Morgan fingerprint density at radius 1 is 1.22 bits per heavy atom. The van der Waals surface area contributed by atoms with Crippen molar-refractivity contribution < 1.29 is 4.74 Å². The maximum atomic E-state index is 8.94. The maximum Gasteiger partial charge on any atom is 0.183 e. The third kappa shape index (κ3) is 2.94. The van der Waals surface area contributed by atoms with Crippen LogP contribution in [0, 0.1) is 11.3 Å². The molecule has 0 radical (unpaired) electrons. The summed E-state index contributed by atoms with van der Waals surface area (Å²) >= 11 is 15.0. The predicted molar refractivity (Wildman–Crippen MR) is 73.2 cm³/mol. The number of ether oxygens (including phenoxy) is 1. The number of benzene rings is 1. The van der Waals surface area contributed by atoms with Gasteiger partial charge in [0, 0.05) is 15.7 Å². The van der Waals surface area contributed by atoms with Gasteiger partial charge in [-0.2, -0.15) is 5.26 Å². The molecule has 0 saturated heterocycles. The first-order chi connectivity index (χ1) is 8.60. The van der Waals surface area contributed by atoms with Crippen molar-refractivity contribution in [2.24, 2.45) is 0 Å². The van der Waals surface area contributed by atoms with Crippen molar-refractivity contribution in [3.63, 3.8) is 0 Å². The molecule has 0 unspecified atom stereocenters. The largest absolute Gasteiger partial charge is 0.453 e. The lowest BCUT2D eigenvalue weighted by Crippen LogP contribution is -1.92. The Bertz CT molecular complexity index is 640. The second-order valence-electron chi connectivity index (χ2n) is 3.29. The zero-order chi connectivity index (χ0) is 13.1. The van der Waals surface area contributed by atoms with Crippen molar-refractivity contribution in [2.45, 2.75) is 0 Å². The second kappa shape index (κ2) is 5.57. The molecule has 3 nitrogen and oxygen atoms in total. The molecule has 0 aliphatic heterocycles. The van der Waals surface area contributed by atoms with Crippen LogP contribution in [0.4, 0.5) is 0 Å². The van der Waals surface area contributed by atoms with E-state index in [1.54, 1.807) is 24.3 Å². The summed E-state index contributed by atoms with van der Waals surface area (Å²) < 4.78 is 6.27. The van der Waals surface area contributed by atoms with E-state index in [1.165, 1.54) is 6.20 Å². The number of pyridine rings is 1. The van der Waals surface area contributed by atoms with Crippen molar-refractivity contribution in [3.8, 4) is 17.6 Å². The second-order valence-corrected chi connectivity index (χ2v) is 5.05. The fourth-order valence-corrected chi connectivity index (χ4v) is 2.02. The van der Waals surface area contributed by atoms with Crippen molar-refractivity contribution >= 4 is 39.1 Å². The fraction of sp³-hybridized carbons (Fsp3) is 0. The van der Waals surface area contributed by atoms with E-state index < -0.39 is 0 Å². The number of hydrogen-bond acceptors (Lipinski definition) is 3. The molecule has 6 heteroatoms. The zero-order valence-corrected chi connectivity index (χ0v) is 11.9. The van der Waals surface area contributed by atoms with Gasteiger partial charge in [-0.3, -0.25) is 0 Å². The standard InChI is InChI=1S/C12H5BrCl2N2O/c13-7-3-12(10(5-16)17-6-7)18-11-2-1-8(14)4-9(11)15/h1-4,6H. The van der Waals surface area contributed by atoms with E-state index in [9.17, 15) is 0 Å². The van der Waals surface area contributed by atoms with E-state index >= 15 is 0 Å². The quantitative estimate of drug-likeness (QED) is 0.785. The summed E-state index contributed by atoms with van der Waals surface area (Å²) in [4.78, 5) is 3.94. The Morgan fingerprint density at radius 3 is 2.67 bits per heavy atom. The molecule has 0 amide bonds. The summed E-state index contributed by atoms with van der Waals surface area (Å²) in [6, 6.07) is 8.45. The Hall–Kier alpha value is -1.28. The number of rotatable bonds is 2. The first-order valence-electron chi connectivity index (χ1n) is 4.78. The van der Waals surface area contributed by atoms with Gasteiger partial charge in [-0.05, 0) is 40.2 Å². The number of halogens is 3. The predicted octanol–water partition coefficient (Wildman–Crippen LogP) is 4.81. The Kier molecular flexibility index (Phi) is 4.07.